The minimum Gasteiger partial charge on any atom is -0.469 e. The molecule has 0 bridgehead atoms. The minimum absolute atomic E-state index is 0.0541. The first-order chi connectivity index (χ1) is 11.5. The largest absolute Gasteiger partial charge is 0.469 e. The van der Waals surface area contributed by atoms with Crippen molar-refractivity contribution in [2.45, 2.75) is 6.42 Å². The van der Waals surface area contributed by atoms with Gasteiger partial charge >= 0.3 is 5.97 Å². The first-order valence-electron chi connectivity index (χ1n) is 6.71. The number of carbonyl (C=O) groups is 1. The molecular formula is C14H12ClN5O2S2. The molecule has 3 N–H and O–H groups in total. The summed E-state index contributed by atoms with van der Waals surface area (Å²) < 4.78 is 4.68. The number of ether oxygens (including phenoxy) is 1. The number of aromatic nitrogens is 3. The van der Waals surface area contributed by atoms with Crippen molar-refractivity contribution in [3.63, 3.8) is 0 Å². The smallest absolute Gasteiger partial charge is 0.311 e. The highest BCUT2D eigenvalue weighted by Crippen LogP contribution is 2.34. The summed E-state index contributed by atoms with van der Waals surface area (Å²) in [5.74, 6) is 0.263. The number of thiazole rings is 2. The Kier molecular flexibility index (Phi) is 4.93. The average Bonchev–Trinajstić information content (AvgIpc) is 3.16. The second-order valence-corrected chi connectivity index (χ2v) is 6.93. The molecule has 3 aromatic heterocycles. The number of nitrogens with one attached hydrogen (secondary N) is 1. The van der Waals surface area contributed by atoms with E-state index in [0.29, 0.717) is 32.5 Å². The number of rotatable bonds is 5. The van der Waals surface area contributed by atoms with E-state index in [4.69, 9.17) is 17.3 Å². The van der Waals surface area contributed by atoms with Crippen LogP contribution in [0.15, 0.2) is 23.7 Å². The lowest BCUT2D eigenvalue weighted by Crippen LogP contribution is -2.05. The number of hydrogen-bond donors (Lipinski definition) is 2. The van der Waals surface area contributed by atoms with Crippen molar-refractivity contribution in [1.82, 2.24) is 15.0 Å². The molecule has 0 saturated carbocycles. The van der Waals surface area contributed by atoms with Crippen LogP contribution in [0, 0.1) is 0 Å². The number of nitrogen functional groups attached to an aromatic ring is 1. The Labute approximate surface area is 150 Å². The van der Waals surface area contributed by atoms with Crippen molar-refractivity contribution in [2.24, 2.45) is 0 Å². The Bertz CT molecular complexity index is 862. The maximum absolute atomic E-state index is 11.5. The van der Waals surface area contributed by atoms with Gasteiger partial charge in [0.2, 0.25) is 0 Å². The normalized spacial score (nSPS) is 10.6. The third-order valence-electron chi connectivity index (χ3n) is 2.95. The number of hydrogen-bond acceptors (Lipinski definition) is 9. The van der Waals surface area contributed by atoms with Crippen LogP contribution in [0.4, 0.5) is 16.1 Å². The number of nitrogens with two attached hydrogens (primary N) is 1. The molecule has 3 rings (SSSR count). The lowest BCUT2D eigenvalue weighted by Gasteiger charge is -2.01. The van der Waals surface area contributed by atoms with E-state index in [2.05, 4.69) is 25.0 Å². The highest BCUT2D eigenvalue weighted by molar-refractivity contribution is 7.19. The Hall–Kier alpha value is -2.23. The number of anilines is 3. The molecule has 0 fully saturated rings. The number of pyridine rings is 1. The summed E-state index contributed by atoms with van der Waals surface area (Å²) >= 11 is 8.51. The summed E-state index contributed by atoms with van der Waals surface area (Å²) in [5.41, 5.74) is 7.03. The lowest BCUT2D eigenvalue weighted by atomic mass is 10.2. The van der Waals surface area contributed by atoms with Gasteiger partial charge in [-0.2, -0.15) is 0 Å². The van der Waals surface area contributed by atoms with Crippen LogP contribution in [0.25, 0.3) is 10.6 Å². The van der Waals surface area contributed by atoms with Gasteiger partial charge in [-0.1, -0.05) is 22.9 Å². The Balaban J connectivity index is 1.82. The van der Waals surface area contributed by atoms with Crippen LogP contribution in [-0.2, 0) is 16.0 Å². The van der Waals surface area contributed by atoms with Gasteiger partial charge in [-0.3, -0.25) is 4.79 Å². The predicted molar refractivity (Wildman–Crippen MR) is 95.9 cm³/mol. The zero-order chi connectivity index (χ0) is 17.1. The Morgan fingerprint density at radius 1 is 1.42 bits per heavy atom. The van der Waals surface area contributed by atoms with Crippen molar-refractivity contribution in [3.05, 3.63) is 34.4 Å². The van der Waals surface area contributed by atoms with Gasteiger partial charge in [-0.05, 0) is 12.1 Å². The molecule has 10 heteroatoms. The molecule has 0 aliphatic heterocycles. The van der Waals surface area contributed by atoms with Crippen LogP contribution < -0.4 is 11.1 Å². The van der Waals surface area contributed by atoms with Gasteiger partial charge in [0.25, 0.3) is 0 Å². The summed E-state index contributed by atoms with van der Waals surface area (Å²) in [6, 6.07) is 3.50. The summed E-state index contributed by atoms with van der Waals surface area (Å²) in [7, 11) is 1.34. The van der Waals surface area contributed by atoms with Gasteiger partial charge in [-0.25, -0.2) is 15.0 Å². The highest BCUT2D eigenvalue weighted by Gasteiger charge is 2.18. The summed E-state index contributed by atoms with van der Waals surface area (Å²) in [4.78, 5) is 25.1. The molecule has 0 saturated heterocycles. The van der Waals surface area contributed by atoms with Crippen molar-refractivity contribution in [2.75, 3.05) is 18.2 Å². The zero-order valence-electron chi connectivity index (χ0n) is 12.4. The number of halogens is 1. The zero-order valence-corrected chi connectivity index (χ0v) is 14.8. The third kappa shape index (κ3) is 3.81. The van der Waals surface area contributed by atoms with E-state index in [1.165, 1.54) is 29.8 Å². The van der Waals surface area contributed by atoms with Crippen molar-refractivity contribution >= 4 is 56.3 Å². The van der Waals surface area contributed by atoms with E-state index in [0.717, 1.165) is 4.88 Å². The summed E-state index contributed by atoms with van der Waals surface area (Å²) in [6.07, 6.45) is 1.61. The SMILES string of the molecule is COC(=O)Cc1nc(N)sc1-c1csc(Nc2ccc(Cl)cn2)n1. The van der Waals surface area contributed by atoms with E-state index < -0.39 is 0 Å². The van der Waals surface area contributed by atoms with Crippen LogP contribution in [-0.4, -0.2) is 28.0 Å². The van der Waals surface area contributed by atoms with Crippen LogP contribution in [0.3, 0.4) is 0 Å². The maximum atomic E-state index is 11.5. The molecule has 0 unspecified atom stereocenters. The van der Waals surface area contributed by atoms with Crippen LogP contribution >= 0.6 is 34.3 Å². The second kappa shape index (κ2) is 7.12. The van der Waals surface area contributed by atoms with Crippen LogP contribution in [0.2, 0.25) is 5.02 Å². The molecule has 0 spiro atoms. The fourth-order valence-electron chi connectivity index (χ4n) is 1.89. The molecular weight excluding hydrogens is 370 g/mol. The third-order valence-corrected chi connectivity index (χ3v) is 4.88. The fourth-order valence-corrected chi connectivity index (χ4v) is 3.60. The van der Waals surface area contributed by atoms with E-state index in [9.17, 15) is 4.79 Å². The van der Waals surface area contributed by atoms with Gasteiger partial charge < -0.3 is 15.8 Å². The number of esters is 1. The van der Waals surface area contributed by atoms with Gasteiger partial charge in [0.1, 0.15) is 5.82 Å². The molecule has 7 nitrogen and oxygen atoms in total. The van der Waals surface area contributed by atoms with Gasteiger partial charge in [0.05, 0.1) is 34.8 Å². The molecule has 0 radical (unpaired) electrons. The lowest BCUT2D eigenvalue weighted by molar-refractivity contribution is -0.139. The first-order valence-corrected chi connectivity index (χ1v) is 8.79. The fraction of sp³-hybridized carbons (Fsp3) is 0.143. The Morgan fingerprint density at radius 3 is 2.96 bits per heavy atom. The molecule has 24 heavy (non-hydrogen) atoms. The van der Waals surface area contributed by atoms with Crippen LogP contribution in [0.1, 0.15) is 5.69 Å². The number of nitrogens with zero attached hydrogens (tertiary/aromatic N) is 3. The van der Waals surface area contributed by atoms with E-state index in [-0.39, 0.29) is 12.4 Å². The van der Waals surface area contributed by atoms with E-state index in [1.807, 2.05) is 5.38 Å². The van der Waals surface area contributed by atoms with Crippen molar-refractivity contribution in [1.29, 1.82) is 0 Å². The average molecular weight is 382 g/mol. The quantitative estimate of drug-likeness (QED) is 0.653. The summed E-state index contributed by atoms with van der Waals surface area (Å²) in [5, 5.41) is 6.57. The molecule has 0 aliphatic carbocycles. The number of methoxy groups -OCH3 is 1. The van der Waals surface area contributed by atoms with Crippen molar-refractivity contribution in [3.8, 4) is 10.6 Å². The van der Waals surface area contributed by atoms with E-state index in [1.54, 1.807) is 18.3 Å². The molecule has 3 heterocycles. The highest BCUT2D eigenvalue weighted by atomic mass is 35.5. The molecule has 0 atom stereocenters. The van der Waals surface area contributed by atoms with Gasteiger partial charge in [0.15, 0.2) is 10.3 Å². The van der Waals surface area contributed by atoms with Crippen LogP contribution in [0.5, 0.6) is 0 Å². The minimum atomic E-state index is -0.375. The van der Waals surface area contributed by atoms with E-state index >= 15 is 0 Å². The molecule has 3 aromatic rings. The molecule has 0 amide bonds. The van der Waals surface area contributed by atoms with Gasteiger partial charge in [-0.15, -0.1) is 11.3 Å². The topological polar surface area (TPSA) is 103 Å². The first kappa shape index (κ1) is 16.6. The molecule has 0 aliphatic rings. The standard InChI is InChI=1S/C14H12ClN5O2S2/c1-22-11(21)4-8-12(24-13(16)18-8)9-6-23-14(19-9)20-10-3-2-7(15)5-17-10/h2-3,5-6H,4H2,1H3,(H2,16,18)(H,17,19,20). The number of carbonyl (C=O) groups excluding carboxylic acids is 1. The Morgan fingerprint density at radius 2 is 2.25 bits per heavy atom. The summed E-state index contributed by atoms with van der Waals surface area (Å²) in [6.45, 7) is 0. The van der Waals surface area contributed by atoms with Gasteiger partial charge in [0, 0.05) is 11.6 Å². The molecule has 0 aromatic carbocycles. The maximum Gasteiger partial charge on any atom is 0.311 e. The monoisotopic (exact) mass is 381 g/mol. The molecule has 124 valence electrons. The van der Waals surface area contributed by atoms with Crippen molar-refractivity contribution < 1.29 is 9.53 Å². The second-order valence-electron chi connectivity index (χ2n) is 4.61. The predicted octanol–water partition coefficient (Wildman–Crippen LogP) is 3.36.